The number of aromatic nitrogens is 2. The summed E-state index contributed by atoms with van der Waals surface area (Å²) in [6.45, 7) is 2.07. The number of nitrogens with zero attached hydrogens (tertiary/aromatic N) is 2. The van der Waals surface area contributed by atoms with E-state index >= 15 is 0 Å². The summed E-state index contributed by atoms with van der Waals surface area (Å²) in [5.41, 5.74) is 7.21. The van der Waals surface area contributed by atoms with Crippen LogP contribution in [0, 0.1) is 0 Å². The van der Waals surface area contributed by atoms with Gasteiger partial charge in [0, 0.05) is 12.5 Å². The molecule has 2 N–H and O–H groups in total. The van der Waals surface area contributed by atoms with Crippen molar-refractivity contribution in [2.75, 3.05) is 0 Å². The van der Waals surface area contributed by atoms with Crippen molar-refractivity contribution >= 4 is 0 Å². The van der Waals surface area contributed by atoms with Crippen LogP contribution in [0.4, 0.5) is 0 Å². The molecule has 1 unspecified atom stereocenters. The lowest BCUT2D eigenvalue weighted by atomic mass is 9.78. The molecule has 4 heteroatoms. The van der Waals surface area contributed by atoms with E-state index in [1.54, 1.807) is 0 Å². The molecule has 0 amide bonds. The van der Waals surface area contributed by atoms with Gasteiger partial charge in [-0.25, -0.2) is 0 Å². The largest absolute Gasteiger partial charge is 0.339 e. The molecule has 1 heterocycles. The lowest BCUT2D eigenvalue weighted by molar-refractivity contribution is 0.352. The molecule has 0 spiro atoms. The zero-order valence-electron chi connectivity index (χ0n) is 12.6. The highest BCUT2D eigenvalue weighted by Crippen LogP contribution is 2.45. The Morgan fingerprint density at radius 2 is 1.95 bits per heavy atom. The van der Waals surface area contributed by atoms with E-state index in [4.69, 9.17) is 10.3 Å². The quantitative estimate of drug-likeness (QED) is 0.916. The summed E-state index contributed by atoms with van der Waals surface area (Å²) in [6, 6.07) is 10.7. The maximum Gasteiger partial charge on any atom is 0.228 e. The number of hydrogen-bond donors (Lipinski definition) is 1. The molecule has 4 nitrogen and oxygen atoms in total. The van der Waals surface area contributed by atoms with Crippen molar-refractivity contribution < 1.29 is 4.52 Å². The average molecular weight is 285 g/mol. The highest BCUT2D eigenvalue weighted by Gasteiger charge is 2.41. The van der Waals surface area contributed by atoms with Crippen LogP contribution in [-0.4, -0.2) is 16.2 Å². The Balaban J connectivity index is 1.92. The highest BCUT2D eigenvalue weighted by molar-refractivity contribution is 5.33. The van der Waals surface area contributed by atoms with Crippen LogP contribution in [-0.2, 0) is 11.8 Å². The van der Waals surface area contributed by atoms with Gasteiger partial charge in [0.25, 0.3) is 0 Å². The lowest BCUT2D eigenvalue weighted by Gasteiger charge is -2.25. The van der Waals surface area contributed by atoms with Gasteiger partial charge in [-0.05, 0) is 24.8 Å². The van der Waals surface area contributed by atoms with E-state index in [0.717, 1.165) is 25.1 Å². The second-order valence-corrected chi connectivity index (χ2v) is 6.04. The van der Waals surface area contributed by atoms with Crippen molar-refractivity contribution in [2.45, 2.75) is 56.9 Å². The zero-order chi connectivity index (χ0) is 14.7. The number of hydrogen-bond acceptors (Lipinski definition) is 4. The van der Waals surface area contributed by atoms with E-state index in [9.17, 15) is 0 Å². The van der Waals surface area contributed by atoms with Crippen LogP contribution >= 0.6 is 0 Å². The molecule has 1 fully saturated rings. The van der Waals surface area contributed by atoms with Crippen molar-refractivity contribution in [3.05, 3.63) is 47.6 Å². The van der Waals surface area contributed by atoms with Gasteiger partial charge in [-0.3, -0.25) is 0 Å². The topological polar surface area (TPSA) is 64.9 Å². The Bertz CT molecular complexity index is 573. The van der Waals surface area contributed by atoms with Gasteiger partial charge in [-0.1, -0.05) is 55.3 Å². The summed E-state index contributed by atoms with van der Waals surface area (Å²) >= 11 is 0. The Kier molecular flexibility index (Phi) is 4.06. The van der Waals surface area contributed by atoms with Crippen LogP contribution in [0.15, 0.2) is 34.9 Å². The van der Waals surface area contributed by atoms with Crippen LogP contribution < -0.4 is 5.73 Å². The Hall–Kier alpha value is -1.68. The third-order valence-corrected chi connectivity index (χ3v) is 4.64. The molecule has 1 aromatic heterocycles. The molecule has 2 aromatic rings. The summed E-state index contributed by atoms with van der Waals surface area (Å²) in [4.78, 5) is 4.67. The first-order valence-corrected chi connectivity index (χ1v) is 7.89. The molecule has 0 saturated heterocycles. The molecule has 0 aliphatic heterocycles. The van der Waals surface area contributed by atoms with E-state index in [1.165, 1.54) is 18.4 Å². The standard InChI is InChI=1S/C17H23N3O/c1-2-14(18)12-15-19-16(20-21-15)17(10-6-7-11-17)13-8-4-3-5-9-13/h3-5,8-9,14H,2,6-7,10-12,18H2,1H3. The number of benzene rings is 1. The average Bonchev–Trinajstić information content (AvgIpc) is 3.17. The fraction of sp³-hybridized carbons (Fsp3) is 0.529. The molecule has 1 aliphatic rings. The molecule has 1 aromatic carbocycles. The maximum absolute atomic E-state index is 5.98. The van der Waals surface area contributed by atoms with Crippen LogP contribution in [0.1, 0.15) is 56.3 Å². The Morgan fingerprint density at radius 1 is 1.24 bits per heavy atom. The van der Waals surface area contributed by atoms with Gasteiger partial charge >= 0.3 is 0 Å². The summed E-state index contributed by atoms with van der Waals surface area (Å²) in [7, 11) is 0. The van der Waals surface area contributed by atoms with Gasteiger partial charge in [0.15, 0.2) is 5.82 Å². The Morgan fingerprint density at radius 3 is 2.62 bits per heavy atom. The molecule has 21 heavy (non-hydrogen) atoms. The van der Waals surface area contributed by atoms with Crippen molar-refractivity contribution in [1.82, 2.24) is 10.1 Å². The fourth-order valence-electron chi connectivity index (χ4n) is 3.28. The van der Waals surface area contributed by atoms with Crippen molar-refractivity contribution in [1.29, 1.82) is 0 Å². The summed E-state index contributed by atoms with van der Waals surface area (Å²) < 4.78 is 5.45. The molecule has 1 saturated carbocycles. The van der Waals surface area contributed by atoms with Crippen molar-refractivity contribution in [2.24, 2.45) is 5.73 Å². The van der Waals surface area contributed by atoms with Crippen molar-refractivity contribution in [3.8, 4) is 0 Å². The number of rotatable bonds is 5. The van der Waals surface area contributed by atoms with Gasteiger partial charge in [0.2, 0.25) is 5.89 Å². The zero-order valence-corrected chi connectivity index (χ0v) is 12.6. The molecule has 0 bridgehead atoms. The second kappa shape index (κ2) is 5.98. The first-order chi connectivity index (χ1) is 10.2. The minimum atomic E-state index is -0.0701. The maximum atomic E-state index is 5.98. The van der Waals surface area contributed by atoms with Gasteiger partial charge in [-0.2, -0.15) is 4.98 Å². The van der Waals surface area contributed by atoms with Crippen molar-refractivity contribution in [3.63, 3.8) is 0 Å². The lowest BCUT2D eigenvalue weighted by Crippen LogP contribution is -2.26. The van der Waals surface area contributed by atoms with Crippen LogP contribution in [0.3, 0.4) is 0 Å². The summed E-state index contributed by atoms with van der Waals surface area (Å²) in [5, 5.41) is 4.29. The highest BCUT2D eigenvalue weighted by atomic mass is 16.5. The van der Waals surface area contributed by atoms with Crippen LogP contribution in [0.2, 0.25) is 0 Å². The molecule has 1 aliphatic carbocycles. The van der Waals surface area contributed by atoms with E-state index in [-0.39, 0.29) is 11.5 Å². The predicted molar refractivity (Wildman–Crippen MR) is 82.0 cm³/mol. The smallest absolute Gasteiger partial charge is 0.228 e. The summed E-state index contributed by atoms with van der Waals surface area (Å²) in [6.07, 6.45) is 6.20. The molecule has 112 valence electrons. The SMILES string of the molecule is CCC(N)Cc1nc(C2(c3ccccc3)CCCC2)no1. The van der Waals surface area contributed by atoms with Gasteiger partial charge < -0.3 is 10.3 Å². The minimum absolute atomic E-state index is 0.0701. The minimum Gasteiger partial charge on any atom is -0.339 e. The normalized spacial score (nSPS) is 18.8. The second-order valence-electron chi connectivity index (χ2n) is 6.04. The molecule has 1 atom stereocenters. The van der Waals surface area contributed by atoms with Crippen LogP contribution in [0.5, 0.6) is 0 Å². The third kappa shape index (κ3) is 2.72. The van der Waals surface area contributed by atoms with E-state index in [0.29, 0.717) is 12.3 Å². The van der Waals surface area contributed by atoms with E-state index in [1.807, 2.05) is 6.07 Å². The third-order valence-electron chi connectivity index (χ3n) is 4.64. The molecule has 0 radical (unpaired) electrons. The monoisotopic (exact) mass is 285 g/mol. The predicted octanol–water partition coefficient (Wildman–Crippen LogP) is 3.21. The van der Waals surface area contributed by atoms with Crippen LogP contribution in [0.25, 0.3) is 0 Å². The van der Waals surface area contributed by atoms with Gasteiger partial charge in [0.05, 0.1) is 5.41 Å². The molecular weight excluding hydrogens is 262 g/mol. The van der Waals surface area contributed by atoms with E-state index in [2.05, 4.69) is 41.3 Å². The fourth-order valence-corrected chi connectivity index (χ4v) is 3.28. The Labute approximate surface area is 125 Å². The summed E-state index contributed by atoms with van der Waals surface area (Å²) in [5.74, 6) is 1.51. The van der Waals surface area contributed by atoms with Gasteiger partial charge in [-0.15, -0.1) is 0 Å². The number of nitrogens with two attached hydrogens (primary N) is 1. The molecule has 3 rings (SSSR count). The first-order valence-electron chi connectivity index (χ1n) is 7.89. The van der Waals surface area contributed by atoms with E-state index < -0.39 is 0 Å². The molecular formula is C17H23N3O. The van der Waals surface area contributed by atoms with Gasteiger partial charge in [0.1, 0.15) is 0 Å². The first kappa shape index (κ1) is 14.3.